The molecule has 0 aliphatic carbocycles. The zero-order valence-corrected chi connectivity index (χ0v) is 11.9. The number of aryl methyl sites for hydroxylation is 1. The molecule has 1 heterocycles. The number of ether oxygens (including phenoxy) is 2. The zero-order chi connectivity index (χ0) is 17.1. The standard InChI is InChI=1S/C12H13F3N2O5/c1-4-22-9(18)6-5-17(2)8(10(19)21-3)7(6)16-11(20)12(13,14)15/h5H,4H2,1-3H3,(H,16,20). The molecule has 10 heteroatoms. The molecule has 0 spiro atoms. The second-order valence-corrected chi connectivity index (χ2v) is 4.04. The van der Waals surface area contributed by atoms with Gasteiger partial charge in [-0.15, -0.1) is 0 Å². The van der Waals surface area contributed by atoms with Gasteiger partial charge in [-0.2, -0.15) is 13.2 Å². The molecule has 0 aliphatic rings. The van der Waals surface area contributed by atoms with Crippen LogP contribution in [0.5, 0.6) is 0 Å². The fraction of sp³-hybridized carbons (Fsp3) is 0.417. The normalized spacial score (nSPS) is 11.0. The lowest BCUT2D eigenvalue weighted by Gasteiger charge is -2.10. The van der Waals surface area contributed by atoms with Crippen molar-refractivity contribution in [2.75, 3.05) is 19.0 Å². The molecular formula is C12H13F3N2O5. The molecule has 0 saturated carbocycles. The first kappa shape index (κ1) is 17.5. The van der Waals surface area contributed by atoms with Crippen LogP contribution in [-0.4, -0.2) is 42.3 Å². The number of methoxy groups -OCH3 is 1. The van der Waals surface area contributed by atoms with E-state index in [4.69, 9.17) is 0 Å². The van der Waals surface area contributed by atoms with E-state index in [1.807, 2.05) is 0 Å². The number of anilines is 1. The van der Waals surface area contributed by atoms with Crippen molar-refractivity contribution in [1.29, 1.82) is 0 Å². The number of amides is 1. The Bertz CT molecular complexity index is 607. The summed E-state index contributed by atoms with van der Waals surface area (Å²) in [5, 5.41) is 1.51. The van der Waals surface area contributed by atoms with Gasteiger partial charge < -0.3 is 19.4 Å². The lowest BCUT2D eigenvalue weighted by Crippen LogP contribution is -2.31. The molecule has 0 unspecified atom stereocenters. The average molecular weight is 322 g/mol. The predicted molar refractivity (Wildman–Crippen MR) is 67.4 cm³/mol. The van der Waals surface area contributed by atoms with Gasteiger partial charge in [0.15, 0.2) is 5.69 Å². The van der Waals surface area contributed by atoms with E-state index in [0.717, 1.165) is 17.9 Å². The highest BCUT2D eigenvalue weighted by Gasteiger charge is 2.40. The quantitative estimate of drug-likeness (QED) is 0.849. The third kappa shape index (κ3) is 3.57. The number of nitrogens with one attached hydrogen (secondary N) is 1. The number of aromatic nitrogens is 1. The maximum absolute atomic E-state index is 12.4. The van der Waals surface area contributed by atoms with E-state index < -0.39 is 35.4 Å². The molecule has 1 rings (SSSR count). The van der Waals surface area contributed by atoms with Gasteiger partial charge in [0.05, 0.1) is 19.4 Å². The average Bonchev–Trinajstić information content (AvgIpc) is 2.74. The largest absolute Gasteiger partial charge is 0.471 e. The summed E-state index contributed by atoms with van der Waals surface area (Å²) >= 11 is 0. The number of esters is 2. The van der Waals surface area contributed by atoms with Gasteiger partial charge in [0.2, 0.25) is 0 Å². The van der Waals surface area contributed by atoms with Gasteiger partial charge in [-0.3, -0.25) is 4.79 Å². The number of carbonyl (C=O) groups excluding carboxylic acids is 3. The fourth-order valence-corrected chi connectivity index (χ4v) is 1.64. The number of rotatable bonds is 4. The van der Waals surface area contributed by atoms with Gasteiger partial charge in [-0.1, -0.05) is 0 Å². The number of nitrogens with zero attached hydrogens (tertiary/aromatic N) is 1. The highest BCUT2D eigenvalue weighted by atomic mass is 19.4. The molecule has 122 valence electrons. The minimum absolute atomic E-state index is 0.0338. The van der Waals surface area contributed by atoms with Gasteiger partial charge in [0, 0.05) is 13.2 Å². The summed E-state index contributed by atoms with van der Waals surface area (Å²) in [6, 6.07) is 0. The van der Waals surface area contributed by atoms with Crippen LogP contribution in [0.1, 0.15) is 27.8 Å². The van der Waals surface area contributed by atoms with Crippen LogP contribution in [0, 0.1) is 0 Å². The molecule has 22 heavy (non-hydrogen) atoms. The Morgan fingerprint density at radius 3 is 2.32 bits per heavy atom. The van der Waals surface area contributed by atoms with Crippen molar-refractivity contribution >= 4 is 23.5 Å². The molecule has 0 saturated heterocycles. The van der Waals surface area contributed by atoms with Crippen LogP contribution in [0.15, 0.2) is 6.20 Å². The SMILES string of the molecule is CCOC(=O)c1cn(C)c(C(=O)OC)c1NC(=O)C(F)(F)F. The molecule has 0 atom stereocenters. The number of hydrogen-bond donors (Lipinski definition) is 1. The van der Waals surface area contributed by atoms with Gasteiger partial charge in [-0.25, -0.2) is 9.59 Å². The van der Waals surface area contributed by atoms with Crippen molar-refractivity contribution in [2.45, 2.75) is 13.1 Å². The second-order valence-electron chi connectivity index (χ2n) is 4.04. The smallest absolute Gasteiger partial charge is 0.464 e. The molecule has 0 radical (unpaired) electrons. The van der Waals surface area contributed by atoms with Gasteiger partial charge in [-0.05, 0) is 6.92 Å². The Labute approximate surface area is 123 Å². The van der Waals surface area contributed by atoms with Crippen molar-refractivity contribution in [3.05, 3.63) is 17.5 Å². The van der Waals surface area contributed by atoms with E-state index in [9.17, 15) is 27.6 Å². The summed E-state index contributed by atoms with van der Waals surface area (Å²) in [6.45, 7) is 1.46. The van der Waals surface area contributed by atoms with Crippen molar-refractivity contribution < 1.29 is 37.0 Å². The maximum Gasteiger partial charge on any atom is 0.471 e. The summed E-state index contributed by atoms with van der Waals surface area (Å²) < 4.78 is 47.3. The Kier molecular flexibility index (Phi) is 5.18. The van der Waals surface area contributed by atoms with Crippen molar-refractivity contribution in [3.8, 4) is 0 Å². The third-order valence-electron chi connectivity index (χ3n) is 2.55. The molecule has 1 aromatic heterocycles. The van der Waals surface area contributed by atoms with Crippen LogP contribution in [0.2, 0.25) is 0 Å². The van der Waals surface area contributed by atoms with Crippen LogP contribution in [0.25, 0.3) is 0 Å². The molecule has 1 aromatic rings. The Balaban J connectivity index is 3.38. The summed E-state index contributed by atoms with van der Waals surface area (Å²) in [5.74, 6) is -4.32. The Hall–Kier alpha value is -2.52. The summed E-state index contributed by atoms with van der Waals surface area (Å²) in [5.41, 5.74) is -1.42. The highest BCUT2D eigenvalue weighted by molar-refractivity contribution is 6.09. The van der Waals surface area contributed by atoms with E-state index >= 15 is 0 Å². The molecule has 0 aliphatic heterocycles. The minimum Gasteiger partial charge on any atom is -0.464 e. The first-order chi connectivity index (χ1) is 10.1. The highest BCUT2D eigenvalue weighted by Crippen LogP contribution is 2.27. The first-order valence-corrected chi connectivity index (χ1v) is 5.96. The Morgan fingerprint density at radius 1 is 1.27 bits per heavy atom. The van der Waals surface area contributed by atoms with E-state index in [2.05, 4.69) is 9.47 Å². The van der Waals surface area contributed by atoms with Crippen molar-refractivity contribution in [1.82, 2.24) is 4.57 Å². The predicted octanol–water partition coefficient (Wildman–Crippen LogP) is 1.49. The van der Waals surface area contributed by atoms with Crippen molar-refractivity contribution in [2.24, 2.45) is 7.05 Å². The van der Waals surface area contributed by atoms with Crippen LogP contribution in [0.3, 0.4) is 0 Å². The third-order valence-corrected chi connectivity index (χ3v) is 2.55. The molecule has 0 bridgehead atoms. The van der Waals surface area contributed by atoms with Gasteiger partial charge >= 0.3 is 24.0 Å². The van der Waals surface area contributed by atoms with E-state index in [1.54, 1.807) is 0 Å². The maximum atomic E-state index is 12.4. The van der Waals surface area contributed by atoms with Crippen LogP contribution in [0.4, 0.5) is 18.9 Å². The van der Waals surface area contributed by atoms with E-state index in [-0.39, 0.29) is 12.2 Å². The Morgan fingerprint density at radius 2 is 1.86 bits per heavy atom. The van der Waals surface area contributed by atoms with Crippen LogP contribution in [-0.2, 0) is 21.3 Å². The van der Waals surface area contributed by atoms with Gasteiger partial charge in [0.25, 0.3) is 0 Å². The number of hydrogen-bond acceptors (Lipinski definition) is 5. The van der Waals surface area contributed by atoms with E-state index in [0.29, 0.717) is 0 Å². The van der Waals surface area contributed by atoms with Crippen molar-refractivity contribution in [3.63, 3.8) is 0 Å². The van der Waals surface area contributed by atoms with Gasteiger partial charge in [0.1, 0.15) is 5.56 Å². The fourth-order valence-electron chi connectivity index (χ4n) is 1.64. The molecular weight excluding hydrogens is 309 g/mol. The molecule has 7 nitrogen and oxygen atoms in total. The molecule has 1 amide bonds. The minimum atomic E-state index is -5.19. The summed E-state index contributed by atoms with van der Waals surface area (Å²) in [7, 11) is 2.31. The van der Waals surface area contributed by atoms with E-state index in [1.165, 1.54) is 19.3 Å². The lowest BCUT2D eigenvalue weighted by atomic mass is 10.2. The molecule has 1 N–H and O–H groups in total. The lowest BCUT2D eigenvalue weighted by molar-refractivity contribution is -0.167. The molecule has 0 fully saturated rings. The topological polar surface area (TPSA) is 86.6 Å². The number of alkyl halides is 3. The van der Waals surface area contributed by atoms with Crippen LogP contribution >= 0.6 is 0 Å². The molecule has 0 aromatic carbocycles. The second kappa shape index (κ2) is 6.50. The summed E-state index contributed by atoms with van der Waals surface area (Å²) in [4.78, 5) is 34.5. The van der Waals surface area contributed by atoms with Crippen LogP contribution < -0.4 is 5.32 Å². The summed E-state index contributed by atoms with van der Waals surface area (Å²) in [6.07, 6.45) is -4.12. The number of halogens is 3. The zero-order valence-electron chi connectivity index (χ0n) is 11.9. The first-order valence-electron chi connectivity index (χ1n) is 5.96. The monoisotopic (exact) mass is 322 g/mol. The number of carbonyl (C=O) groups is 3.